The second-order valence-corrected chi connectivity index (χ2v) is 6.50. The molecule has 2 saturated heterocycles. The maximum atomic E-state index is 14.5. The van der Waals surface area contributed by atoms with Crippen molar-refractivity contribution < 1.29 is 9.31 Å². The molecule has 0 aromatic heterocycles. The number of hydrogen-bond acceptors (Lipinski definition) is 4. The predicted octanol–water partition coefficient (Wildman–Crippen LogP) is 4.10. The Kier molecular flexibility index (Phi) is 4.98. The number of nitro groups is 1. The lowest BCUT2D eigenvalue weighted by Crippen LogP contribution is -2.31. The van der Waals surface area contributed by atoms with Crippen LogP contribution in [0.4, 0.5) is 21.5 Å². The van der Waals surface area contributed by atoms with Crippen molar-refractivity contribution >= 4 is 17.1 Å². The number of rotatable bonds is 3. The summed E-state index contributed by atoms with van der Waals surface area (Å²) in [5, 5.41) is 11.4. The van der Waals surface area contributed by atoms with Gasteiger partial charge in [-0.1, -0.05) is 12.8 Å². The second kappa shape index (κ2) is 7.15. The van der Waals surface area contributed by atoms with Crippen molar-refractivity contribution in [3.05, 3.63) is 28.1 Å². The summed E-state index contributed by atoms with van der Waals surface area (Å²) in [6.45, 7) is 3.28. The molecule has 0 spiro atoms. The van der Waals surface area contributed by atoms with Crippen LogP contribution in [-0.4, -0.2) is 31.1 Å². The minimum absolute atomic E-state index is 0.108. The number of anilines is 2. The lowest BCUT2D eigenvalue weighted by molar-refractivity contribution is -0.384. The van der Waals surface area contributed by atoms with Crippen LogP contribution in [0.1, 0.15) is 44.9 Å². The first-order valence-corrected chi connectivity index (χ1v) is 8.64. The number of benzene rings is 1. The molecule has 2 aliphatic rings. The molecule has 0 amide bonds. The molecule has 2 fully saturated rings. The van der Waals surface area contributed by atoms with Crippen molar-refractivity contribution in [2.75, 3.05) is 36.0 Å². The van der Waals surface area contributed by atoms with Gasteiger partial charge in [-0.15, -0.1) is 0 Å². The summed E-state index contributed by atoms with van der Waals surface area (Å²) in [7, 11) is 0. The van der Waals surface area contributed by atoms with Gasteiger partial charge in [-0.25, -0.2) is 4.39 Å². The van der Waals surface area contributed by atoms with E-state index in [9.17, 15) is 14.5 Å². The Hall–Kier alpha value is -1.85. The average Bonchev–Trinajstić information content (AvgIpc) is 2.84. The van der Waals surface area contributed by atoms with Gasteiger partial charge < -0.3 is 9.80 Å². The van der Waals surface area contributed by atoms with Crippen LogP contribution in [0.3, 0.4) is 0 Å². The van der Waals surface area contributed by atoms with Gasteiger partial charge in [-0.05, 0) is 38.2 Å². The smallest absolute Gasteiger partial charge is 0.295 e. The summed E-state index contributed by atoms with van der Waals surface area (Å²) in [6.07, 6.45) is 7.67. The third-order valence-corrected chi connectivity index (χ3v) is 4.88. The van der Waals surface area contributed by atoms with Crippen LogP contribution < -0.4 is 9.80 Å². The first-order valence-electron chi connectivity index (χ1n) is 8.64. The number of piperidine rings is 1. The van der Waals surface area contributed by atoms with Crippen LogP contribution in [0.2, 0.25) is 0 Å². The third-order valence-electron chi connectivity index (χ3n) is 4.88. The van der Waals surface area contributed by atoms with Gasteiger partial charge in [0, 0.05) is 26.2 Å². The molecular weight excluding hydrogens is 297 g/mol. The molecule has 2 aliphatic heterocycles. The van der Waals surface area contributed by atoms with E-state index < -0.39 is 10.7 Å². The van der Waals surface area contributed by atoms with Crippen LogP contribution in [0.15, 0.2) is 12.1 Å². The van der Waals surface area contributed by atoms with Gasteiger partial charge in [0.2, 0.25) is 0 Å². The fourth-order valence-electron chi connectivity index (χ4n) is 3.63. The van der Waals surface area contributed by atoms with Crippen molar-refractivity contribution in [3.8, 4) is 0 Å². The van der Waals surface area contributed by atoms with Crippen LogP contribution in [0, 0.1) is 15.9 Å². The van der Waals surface area contributed by atoms with Crippen molar-refractivity contribution in [2.24, 2.45) is 0 Å². The zero-order valence-electron chi connectivity index (χ0n) is 13.5. The monoisotopic (exact) mass is 321 g/mol. The summed E-state index contributed by atoms with van der Waals surface area (Å²) in [5.74, 6) is -0.473. The van der Waals surface area contributed by atoms with Gasteiger partial charge in [-0.3, -0.25) is 10.1 Å². The molecule has 1 aromatic rings. The highest BCUT2D eigenvalue weighted by Crippen LogP contribution is 2.37. The van der Waals surface area contributed by atoms with E-state index in [4.69, 9.17) is 0 Å². The second-order valence-electron chi connectivity index (χ2n) is 6.50. The van der Waals surface area contributed by atoms with Gasteiger partial charge in [0.05, 0.1) is 16.7 Å². The summed E-state index contributed by atoms with van der Waals surface area (Å²) in [4.78, 5) is 15.0. The largest absolute Gasteiger partial charge is 0.369 e. The Morgan fingerprint density at radius 1 is 0.826 bits per heavy atom. The van der Waals surface area contributed by atoms with E-state index in [1.807, 2.05) is 4.90 Å². The van der Waals surface area contributed by atoms with E-state index in [1.165, 1.54) is 12.8 Å². The average molecular weight is 321 g/mol. The molecule has 2 heterocycles. The summed E-state index contributed by atoms with van der Waals surface area (Å²) in [5.41, 5.74) is 0.997. The van der Waals surface area contributed by atoms with Gasteiger partial charge in [0.15, 0.2) is 5.82 Å². The van der Waals surface area contributed by atoms with Crippen LogP contribution >= 0.6 is 0 Å². The molecule has 1 aromatic carbocycles. The molecule has 0 N–H and O–H groups in total. The van der Waals surface area contributed by atoms with E-state index in [2.05, 4.69) is 4.90 Å². The minimum atomic E-state index is -0.473. The van der Waals surface area contributed by atoms with E-state index in [0.29, 0.717) is 11.4 Å². The number of hydrogen-bond donors (Lipinski definition) is 0. The Morgan fingerprint density at radius 3 is 1.83 bits per heavy atom. The highest BCUT2D eigenvalue weighted by molar-refractivity contribution is 5.71. The summed E-state index contributed by atoms with van der Waals surface area (Å²) in [6, 6.07) is 2.83. The molecular formula is C17H24FN3O2. The molecule has 0 atom stereocenters. The number of nitro benzene ring substituents is 1. The Labute approximate surface area is 136 Å². The summed E-state index contributed by atoms with van der Waals surface area (Å²) >= 11 is 0. The SMILES string of the molecule is O=[N+]([O-])c1cc(F)c(N2CCCCCC2)cc1N1CCCCC1. The van der Waals surface area contributed by atoms with E-state index in [-0.39, 0.29) is 5.69 Å². The fraction of sp³-hybridized carbons (Fsp3) is 0.647. The normalized spacial score (nSPS) is 19.5. The highest BCUT2D eigenvalue weighted by atomic mass is 19.1. The van der Waals surface area contributed by atoms with Gasteiger partial charge in [-0.2, -0.15) is 0 Å². The predicted molar refractivity (Wildman–Crippen MR) is 89.8 cm³/mol. The Bertz CT molecular complexity index is 565. The van der Waals surface area contributed by atoms with E-state index in [1.54, 1.807) is 6.07 Å². The quantitative estimate of drug-likeness (QED) is 0.621. The number of nitrogens with zero attached hydrogens (tertiary/aromatic N) is 3. The third kappa shape index (κ3) is 3.57. The topological polar surface area (TPSA) is 49.6 Å². The molecule has 5 nitrogen and oxygen atoms in total. The van der Waals surface area contributed by atoms with E-state index >= 15 is 0 Å². The summed E-state index contributed by atoms with van der Waals surface area (Å²) < 4.78 is 14.5. The van der Waals surface area contributed by atoms with Gasteiger partial charge in [0.1, 0.15) is 5.69 Å². The molecule has 0 saturated carbocycles. The molecule has 23 heavy (non-hydrogen) atoms. The van der Waals surface area contributed by atoms with Crippen molar-refractivity contribution in [3.63, 3.8) is 0 Å². The molecule has 0 bridgehead atoms. The minimum Gasteiger partial charge on any atom is -0.369 e. The van der Waals surface area contributed by atoms with Crippen molar-refractivity contribution in [1.82, 2.24) is 0 Å². The maximum Gasteiger partial charge on any atom is 0.295 e. The van der Waals surface area contributed by atoms with Gasteiger partial charge in [0.25, 0.3) is 5.69 Å². The molecule has 126 valence electrons. The zero-order valence-corrected chi connectivity index (χ0v) is 13.5. The van der Waals surface area contributed by atoms with Crippen molar-refractivity contribution in [2.45, 2.75) is 44.9 Å². The molecule has 0 radical (unpaired) electrons. The molecule has 0 unspecified atom stereocenters. The zero-order chi connectivity index (χ0) is 16.2. The fourth-order valence-corrected chi connectivity index (χ4v) is 3.63. The number of halogens is 1. The lowest BCUT2D eigenvalue weighted by Gasteiger charge is -2.30. The van der Waals surface area contributed by atoms with Gasteiger partial charge >= 0.3 is 0 Å². The van der Waals surface area contributed by atoms with Crippen LogP contribution in [0.25, 0.3) is 0 Å². The van der Waals surface area contributed by atoms with Crippen LogP contribution in [-0.2, 0) is 0 Å². The maximum absolute atomic E-state index is 14.5. The molecule has 0 aliphatic carbocycles. The standard InChI is InChI=1S/C17H24FN3O2/c18-14-12-17(21(22)23)16(20-10-6-3-7-11-20)13-15(14)19-8-4-1-2-5-9-19/h12-13H,1-11H2. The Morgan fingerprint density at radius 2 is 1.30 bits per heavy atom. The highest BCUT2D eigenvalue weighted by Gasteiger charge is 2.26. The van der Waals surface area contributed by atoms with Crippen molar-refractivity contribution in [1.29, 1.82) is 0 Å². The molecule has 3 rings (SSSR count). The first kappa shape index (κ1) is 16.0. The molecule has 6 heteroatoms. The Balaban J connectivity index is 1.97. The first-order chi connectivity index (χ1) is 11.2. The van der Waals surface area contributed by atoms with Crippen LogP contribution in [0.5, 0.6) is 0 Å². The van der Waals surface area contributed by atoms with E-state index in [0.717, 1.165) is 64.3 Å². The lowest BCUT2D eigenvalue weighted by atomic mass is 10.1.